The van der Waals surface area contributed by atoms with Crippen molar-refractivity contribution in [3.63, 3.8) is 0 Å². The summed E-state index contributed by atoms with van der Waals surface area (Å²) in [6, 6.07) is 4.16. The van der Waals surface area contributed by atoms with Gasteiger partial charge in [0.15, 0.2) is 11.6 Å². The van der Waals surface area contributed by atoms with Crippen molar-refractivity contribution in [3.05, 3.63) is 46.1 Å². The minimum absolute atomic E-state index is 0.218. The van der Waals surface area contributed by atoms with Crippen molar-refractivity contribution in [2.45, 2.75) is 38.3 Å². The van der Waals surface area contributed by atoms with Crippen LogP contribution in [0.25, 0.3) is 11.3 Å². The van der Waals surface area contributed by atoms with E-state index in [-0.39, 0.29) is 10.6 Å². The highest BCUT2D eigenvalue weighted by Gasteiger charge is 2.51. The number of benzene rings is 1. The van der Waals surface area contributed by atoms with E-state index in [0.29, 0.717) is 43.1 Å². The average molecular weight is 399 g/mol. The minimum atomic E-state index is -1.30. The number of halogens is 4. The molecule has 1 fully saturated rings. The molecule has 27 heavy (non-hydrogen) atoms. The van der Waals surface area contributed by atoms with Gasteiger partial charge in [0.25, 0.3) is 0 Å². The molecule has 1 N–H and O–H groups in total. The van der Waals surface area contributed by atoms with Crippen LogP contribution in [0.15, 0.2) is 18.2 Å². The Morgan fingerprint density at radius 3 is 2.63 bits per heavy atom. The van der Waals surface area contributed by atoms with Gasteiger partial charge in [-0.3, -0.25) is 0 Å². The zero-order valence-electron chi connectivity index (χ0n) is 15.5. The monoisotopic (exact) mass is 398 g/mol. The molecule has 1 aromatic carbocycles. The lowest BCUT2D eigenvalue weighted by Crippen LogP contribution is -2.27. The first-order valence-corrected chi connectivity index (χ1v) is 9.32. The van der Waals surface area contributed by atoms with Crippen molar-refractivity contribution in [2.24, 2.45) is 0 Å². The Balaban J connectivity index is 2.19. The van der Waals surface area contributed by atoms with Gasteiger partial charge >= 0.3 is 0 Å². The van der Waals surface area contributed by atoms with E-state index in [2.05, 4.69) is 10.3 Å². The Kier molecular flexibility index (Phi) is 5.68. The fourth-order valence-electron chi connectivity index (χ4n) is 3.31. The van der Waals surface area contributed by atoms with Crippen LogP contribution in [0.3, 0.4) is 0 Å². The van der Waals surface area contributed by atoms with Crippen molar-refractivity contribution in [1.29, 1.82) is 0 Å². The van der Waals surface area contributed by atoms with Gasteiger partial charge in [0, 0.05) is 23.7 Å². The predicted molar refractivity (Wildman–Crippen MR) is 100 cm³/mol. The molecule has 1 aliphatic carbocycles. The molecule has 7 heteroatoms. The van der Waals surface area contributed by atoms with Crippen molar-refractivity contribution in [1.82, 2.24) is 10.3 Å². The highest BCUT2D eigenvalue weighted by Crippen LogP contribution is 2.51. The molecule has 1 unspecified atom stereocenters. The second-order valence-corrected chi connectivity index (χ2v) is 7.22. The van der Waals surface area contributed by atoms with E-state index >= 15 is 0 Å². The van der Waals surface area contributed by atoms with Gasteiger partial charge in [0.2, 0.25) is 0 Å². The summed E-state index contributed by atoms with van der Waals surface area (Å²) in [4.78, 5) is 4.60. The molecular formula is C20H22ClF3N2O. The van der Waals surface area contributed by atoms with Gasteiger partial charge in [-0.05, 0) is 57.5 Å². The molecule has 1 aromatic heterocycles. The zero-order chi connectivity index (χ0) is 19.8. The van der Waals surface area contributed by atoms with E-state index < -0.39 is 23.2 Å². The molecule has 1 aliphatic rings. The van der Waals surface area contributed by atoms with Gasteiger partial charge in [-0.1, -0.05) is 11.6 Å². The molecule has 0 saturated heterocycles. The standard InChI is InChI=1S/C20H22ClF3N2O/c1-4-27-19-11(2)9-15(13(10-25-3)20(24)7-8-20)26-18(19)12-5-6-14(22)17(23)16(12)21/h5-6,9,13,25H,4,7-8,10H2,1-3H3. The summed E-state index contributed by atoms with van der Waals surface area (Å²) < 4.78 is 48.1. The topological polar surface area (TPSA) is 34.1 Å². The van der Waals surface area contributed by atoms with Crippen LogP contribution < -0.4 is 10.1 Å². The molecule has 1 atom stereocenters. The molecule has 0 amide bonds. The normalized spacial score (nSPS) is 16.3. The van der Waals surface area contributed by atoms with Gasteiger partial charge in [-0.2, -0.15) is 0 Å². The Morgan fingerprint density at radius 1 is 1.33 bits per heavy atom. The molecule has 0 spiro atoms. The number of alkyl halides is 1. The third-order valence-corrected chi connectivity index (χ3v) is 5.24. The van der Waals surface area contributed by atoms with Gasteiger partial charge < -0.3 is 10.1 Å². The molecule has 2 aromatic rings. The third-order valence-electron chi connectivity index (χ3n) is 4.87. The Bertz CT molecular complexity index is 856. The molecule has 146 valence electrons. The summed E-state index contributed by atoms with van der Waals surface area (Å²) >= 11 is 6.06. The summed E-state index contributed by atoms with van der Waals surface area (Å²) in [6.07, 6.45) is 0.961. The lowest BCUT2D eigenvalue weighted by Gasteiger charge is -2.23. The second kappa shape index (κ2) is 7.68. The van der Waals surface area contributed by atoms with Crippen molar-refractivity contribution < 1.29 is 17.9 Å². The Morgan fingerprint density at radius 2 is 2.04 bits per heavy atom. The first-order valence-electron chi connectivity index (χ1n) is 8.94. The Hall–Kier alpha value is -1.79. The first kappa shape index (κ1) is 20.0. The van der Waals surface area contributed by atoms with Gasteiger partial charge in [-0.25, -0.2) is 18.2 Å². The average Bonchev–Trinajstić information content (AvgIpc) is 3.38. The van der Waals surface area contributed by atoms with Crippen LogP contribution in [0.5, 0.6) is 5.75 Å². The lowest BCUT2D eigenvalue weighted by atomic mass is 9.94. The van der Waals surface area contributed by atoms with Crippen LogP contribution in [0, 0.1) is 18.6 Å². The maximum absolute atomic E-state index is 14.9. The number of nitrogens with one attached hydrogen (secondary N) is 1. The number of aromatic nitrogens is 1. The van der Waals surface area contributed by atoms with Crippen LogP contribution in [0.1, 0.15) is 36.9 Å². The quantitative estimate of drug-likeness (QED) is 0.651. The van der Waals surface area contributed by atoms with Crippen LogP contribution in [0.2, 0.25) is 5.02 Å². The van der Waals surface area contributed by atoms with Gasteiger partial charge in [0.05, 0.1) is 11.6 Å². The van der Waals surface area contributed by atoms with E-state index in [1.807, 2.05) is 13.8 Å². The summed E-state index contributed by atoms with van der Waals surface area (Å²) in [5.41, 5.74) is 0.492. The third kappa shape index (κ3) is 3.78. The van der Waals surface area contributed by atoms with E-state index in [1.165, 1.54) is 6.07 Å². The van der Waals surface area contributed by atoms with Crippen LogP contribution in [-0.2, 0) is 0 Å². The Labute approximate surface area is 161 Å². The molecule has 0 aliphatic heterocycles. The number of ether oxygens (including phenoxy) is 1. The molecule has 3 nitrogen and oxygen atoms in total. The maximum atomic E-state index is 14.9. The van der Waals surface area contributed by atoms with Crippen molar-refractivity contribution in [2.75, 3.05) is 20.2 Å². The highest BCUT2D eigenvalue weighted by molar-refractivity contribution is 6.33. The molecule has 0 bridgehead atoms. The number of hydrogen-bond acceptors (Lipinski definition) is 3. The van der Waals surface area contributed by atoms with Crippen LogP contribution in [0.4, 0.5) is 13.2 Å². The van der Waals surface area contributed by atoms with Gasteiger partial charge in [-0.15, -0.1) is 0 Å². The van der Waals surface area contributed by atoms with Crippen molar-refractivity contribution in [3.8, 4) is 17.0 Å². The minimum Gasteiger partial charge on any atom is -0.491 e. The number of hydrogen-bond donors (Lipinski definition) is 1. The molecule has 0 radical (unpaired) electrons. The van der Waals surface area contributed by atoms with Crippen LogP contribution >= 0.6 is 11.6 Å². The number of likely N-dealkylation sites (N-methyl/N-ethyl adjacent to an activating group) is 1. The van der Waals surface area contributed by atoms with Crippen molar-refractivity contribution >= 4 is 11.6 Å². The van der Waals surface area contributed by atoms with Crippen LogP contribution in [-0.4, -0.2) is 30.9 Å². The molecule has 1 saturated carbocycles. The number of aryl methyl sites for hydroxylation is 1. The molecule has 3 rings (SSSR count). The first-order chi connectivity index (χ1) is 12.8. The largest absolute Gasteiger partial charge is 0.491 e. The summed E-state index contributed by atoms with van der Waals surface area (Å²) in [5, 5.41) is 2.64. The number of rotatable bonds is 7. The predicted octanol–water partition coefficient (Wildman–Crippen LogP) is 5.19. The van der Waals surface area contributed by atoms with E-state index in [0.717, 1.165) is 11.6 Å². The summed E-state index contributed by atoms with van der Waals surface area (Å²) in [7, 11) is 1.76. The smallest absolute Gasteiger partial charge is 0.178 e. The number of pyridine rings is 1. The van der Waals surface area contributed by atoms with E-state index in [1.54, 1.807) is 13.1 Å². The van der Waals surface area contributed by atoms with E-state index in [4.69, 9.17) is 16.3 Å². The highest BCUT2D eigenvalue weighted by atomic mass is 35.5. The number of nitrogens with zero attached hydrogens (tertiary/aromatic N) is 1. The molecule has 1 heterocycles. The second-order valence-electron chi connectivity index (χ2n) is 6.84. The van der Waals surface area contributed by atoms with E-state index in [9.17, 15) is 13.2 Å². The molecular weight excluding hydrogens is 377 g/mol. The van der Waals surface area contributed by atoms with Gasteiger partial charge in [0.1, 0.15) is 17.1 Å². The SMILES string of the molecule is CCOc1c(C)cc(C(CNC)C2(F)CC2)nc1-c1ccc(F)c(F)c1Cl. The lowest BCUT2D eigenvalue weighted by molar-refractivity contribution is 0.248. The summed E-state index contributed by atoms with van der Waals surface area (Å²) in [6.45, 7) is 4.42. The summed E-state index contributed by atoms with van der Waals surface area (Å²) in [5.74, 6) is -2.19. The zero-order valence-corrected chi connectivity index (χ0v) is 16.3. The fraction of sp³-hybridized carbons (Fsp3) is 0.450. The maximum Gasteiger partial charge on any atom is 0.178 e. The fourth-order valence-corrected chi connectivity index (χ4v) is 3.55.